The summed E-state index contributed by atoms with van der Waals surface area (Å²) in [6.07, 6.45) is -4.73. The molecule has 4 nitrogen and oxygen atoms in total. The van der Waals surface area contributed by atoms with Gasteiger partial charge in [-0.3, -0.25) is 0 Å². The molecule has 0 atom stereocenters. The van der Waals surface area contributed by atoms with Gasteiger partial charge >= 0.3 is 6.18 Å². The molecule has 0 saturated carbocycles. The molecule has 0 saturated heterocycles. The molecule has 6 aromatic carbocycles. The second-order valence-electron chi connectivity index (χ2n) is 13.1. The van der Waals surface area contributed by atoms with Crippen molar-refractivity contribution < 1.29 is 13.2 Å². The minimum atomic E-state index is -4.73. The number of nitriles is 1. The molecule has 0 unspecified atom stereocenters. The topological polar surface area (TPSA) is 38.0 Å². The van der Waals surface area contributed by atoms with Gasteiger partial charge in [-0.05, 0) is 97.5 Å². The van der Waals surface area contributed by atoms with E-state index in [2.05, 4.69) is 10.9 Å². The number of benzene rings is 6. The molecule has 0 aliphatic rings. The number of rotatable bonds is 3. The van der Waals surface area contributed by atoms with Gasteiger partial charge in [-0.15, -0.1) is 0 Å². The van der Waals surface area contributed by atoms with Gasteiger partial charge in [0, 0.05) is 21.5 Å². The number of hydrogen-bond donors (Lipinski definition) is 0. The molecule has 0 bridgehead atoms. The van der Waals surface area contributed by atoms with Crippen LogP contribution >= 0.6 is 0 Å². The van der Waals surface area contributed by atoms with Crippen LogP contribution in [0.25, 0.3) is 71.0 Å². The fourth-order valence-electron chi connectivity index (χ4n) is 7.39. The van der Waals surface area contributed by atoms with E-state index in [9.17, 15) is 18.4 Å². The zero-order chi connectivity index (χ0) is 35.1. The summed E-state index contributed by atoms with van der Waals surface area (Å²) in [5.74, 6) is 0. The van der Waals surface area contributed by atoms with Crippen molar-refractivity contribution in [3.05, 3.63) is 148 Å². The van der Waals surface area contributed by atoms with Crippen molar-refractivity contribution in [3.8, 4) is 28.6 Å². The Hall–Kier alpha value is -6.31. The molecule has 2 aromatic heterocycles. The molecule has 50 heavy (non-hydrogen) atoms. The van der Waals surface area contributed by atoms with E-state index in [0.29, 0.717) is 16.9 Å². The second kappa shape index (κ2) is 11.1. The molecule has 0 fully saturated rings. The Morgan fingerprint density at radius 3 is 1.34 bits per heavy atom. The summed E-state index contributed by atoms with van der Waals surface area (Å²) in [7, 11) is 0. The van der Waals surface area contributed by atoms with Crippen LogP contribution < -0.4 is 0 Å². The van der Waals surface area contributed by atoms with Crippen molar-refractivity contribution in [1.82, 2.24) is 9.13 Å². The van der Waals surface area contributed by atoms with Gasteiger partial charge in [-0.2, -0.15) is 18.4 Å². The Morgan fingerprint density at radius 2 is 1.00 bits per heavy atom. The Labute approximate surface area is 286 Å². The van der Waals surface area contributed by atoms with Crippen LogP contribution in [0.15, 0.2) is 103 Å². The monoisotopic (exact) mass is 658 g/mol. The molecule has 0 N–H and O–H groups in total. The van der Waals surface area contributed by atoms with E-state index in [0.717, 1.165) is 71.9 Å². The quantitative estimate of drug-likeness (QED) is 0.174. The van der Waals surface area contributed by atoms with Gasteiger partial charge in [-0.25, -0.2) is 4.85 Å². The number of alkyl halides is 3. The minimum Gasteiger partial charge on any atom is -0.308 e. The summed E-state index contributed by atoms with van der Waals surface area (Å²) < 4.78 is 48.4. The van der Waals surface area contributed by atoms with Crippen LogP contribution in [0, 0.1) is 45.6 Å². The van der Waals surface area contributed by atoms with Gasteiger partial charge in [0.15, 0.2) is 5.69 Å². The molecule has 8 rings (SSSR count). The maximum Gasteiger partial charge on any atom is 0.415 e. The van der Waals surface area contributed by atoms with Crippen molar-refractivity contribution in [2.24, 2.45) is 0 Å². The summed E-state index contributed by atoms with van der Waals surface area (Å²) in [5, 5.41) is 15.0. The number of halogens is 3. The SMILES string of the molecule is [C-]#[N+]c1cccc(C(F)(F)F)c1-c1cc(-n2c3cc(C)ccc3c3ccc(C)cc32)c(C#N)c(-n2c3cc(C)ccc3c3ccc(C)cc32)c1. The first-order valence-electron chi connectivity index (χ1n) is 16.2. The molecule has 2 heterocycles. The van der Waals surface area contributed by atoms with Crippen molar-refractivity contribution in [1.29, 1.82) is 5.26 Å². The molecule has 0 radical (unpaired) electrons. The zero-order valence-electron chi connectivity index (χ0n) is 27.7. The highest BCUT2D eigenvalue weighted by Crippen LogP contribution is 2.46. The van der Waals surface area contributed by atoms with Gasteiger partial charge in [0.1, 0.15) is 11.6 Å². The first-order valence-corrected chi connectivity index (χ1v) is 16.2. The van der Waals surface area contributed by atoms with E-state index in [4.69, 9.17) is 6.57 Å². The van der Waals surface area contributed by atoms with E-state index in [1.54, 1.807) is 12.1 Å². The van der Waals surface area contributed by atoms with Crippen LogP contribution in [-0.2, 0) is 6.18 Å². The smallest absolute Gasteiger partial charge is 0.308 e. The number of nitrogens with zero attached hydrogens (tertiary/aromatic N) is 4. The molecule has 0 amide bonds. The Kier molecular flexibility index (Phi) is 6.89. The highest BCUT2D eigenvalue weighted by atomic mass is 19.4. The number of aryl methyl sites for hydroxylation is 4. The Balaban J connectivity index is 1.63. The van der Waals surface area contributed by atoms with Gasteiger partial charge in [0.25, 0.3) is 0 Å². The molecule has 242 valence electrons. The van der Waals surface area contributed by atoms with Crippen molar-refractivity contribution in [2.75, 3.05) is 0 Å². The second-order valence-corrected chi connectivity index (χ2v) is 13.1. The highest BCUT2D eigenvalue weighted by molar-refractivity contribution is 6.11. The lowest BCUT2D eigenvalue weighted by Crippen LogP contribution is -2.09. The lowest BCUT2D eigenvalue weighted by molar-refractivity contribution is -0.137. The first kappa shape index (κ1) is 31.0. The van der Waals surface area contributed by atoms with Crippen LogP contribution in [0.1, 0.15) is 33.4 Å². The fraction of sp³-hybridized carbons (Fsp3) is 0.116. The third-order valence-corrected chi connectivity index (χ3v) is 9.60. The average molecular weight is 659 g/mol. The Bertz CT molecular complexity index is 2550. The summed E-state index contributed by atoms with van der Waals surface area (Å²) >= 11 is 0. The predicted octanol–water partition coefficient (Wildman–Crippen LogP) is 12.2. The van der Waals surface area contributed by atoms with Crippen LogP contribution in [0.4, 0.5) is 18.9 Å². The van der Waals surface area contributed by atoms with E-state index in [1.807, 2.05) is 110 Å². The molecule has 0 spiro atoms. The van der Waals surface area contributed by atoms with Crippen LogP contribution in [0.2, 0.25) is 0 Å². The van der Waals surface area contributed by atoms with Crippen molar-refractivity contribution >= 4 is 49.3 Å². The molecule has 0 aliphatic carbocycles. The molecule has 7 heteroatoms. The van der Waals surface area contributed by atoms with E-state index in [-0.39, 0.29) is 16.8 Å². The van der Waals surface area contributed by atoms with Gasteiger partial charge in [0.05, 0.1) is 45.6 Å². The van der Waals surface area contributed by atoms with Gasteiger partial charge < -0.3 is 9.13 Å². The summed E-state index contributed by atoms with van der Waals surface area (Å²) in [6, 6.07) is 33.9. The van der Waals surface area contributed by atoms with E-state index >= 15 is 0 Å². The highest BCUT2D eigenvalue weighted by Gasteiger charge is 2.35. The van der Waals surface area contributed by atoms with Crippen LogP contribution in [0.5, 0.6) is 0 Å². The molecule has 8 aromatic rings. The van der Waals surface area contributed by atoms with Crippen LogP contribution in [-0.4, -0.2) is 9.13 Å². The fourth-order valence-corrected chi connectivity index (χ4v) is 7.39. The number of hydrogen-bond acceptors (Lipinski definition) is 1. The Morgan fingerprint density at radius 1 is 0.600 bits per heavy atom. The molecular weight excluding hydrogens is 629 g/mol. The first-order chi connectivity index (χ1) is 24.0. The van der Waals surface area contributed by atoms with Crippen molar-refractivity contribution in [2.45, 2.75) is 33.9 Å². The standard InChI is InChI=1S/C43H29F3N4/c1-24-9-13-29-30-14-10-25(2)18-37(30)49(36(29)17-24)40-21-28(42-34(43(44,45)46)7-6-8-35(42)48-5)22-41(33(40)23-47)50-38-19-26(3)11-15-31(38)32-16-12-27(4)20-39(32)50/h6-22H,1-4H3. The maximum absolute atomic E-state index is 14.8. The number of aromatic nitrogens is 2. The largest absolute Gasteiger partial charge is 0.415 e. The van der Waals surface area contributed by atoms with Gasteiger partial charge in [-0.1, -0.05) is 66.7 Å². The lowest BCUT2D eigenvalue weighted by atomic mass is 9.94. The molecule has 0 aliphatic heterocycles. The summed E-state index contributed by atoms with van der Waals surface area (Å²) in [4.78, 5) is 3.57. The minimum absolute atomic E-state index is 0.121. The maximum atomic E-state index is 14.8. The van der Waals surface area contributed by atoms with Gasteiger partial charge in [0.2, 0.25) is 0 Å². The number of fused-ring (bicyclic) bond motifs is 6. The summed E-state index contributed by atoms with van der Waals surface area (Å²) in [5.41, 5.74) is 7.41. The summed E-state index contributed by atoms with van der Waals surface area (Å²) in [6.45, 7) is 15.9. The normalized spacial score (nSPS) is 11.9. The van der Waals surface area contributed by atoms with E-state index in [1.165, 1.54) is 12.1 Å². The zero-order valence-corrected chi connectivity index (χ0v) is 27.7. The lowest BCUT2D eigenvalue weighted by Gasteiger charge is -2.21. The van der Waals surface area contributed by atoms with E-state index < -0.39 is 11.7 Å². The predicted molar refractivity (Wildman–Crippen MR) is 195 cm³/mol. The average Bonchev–Trinajstić information content (AvgIpc) is 3.56. The third-order valence-electron chi connectivity index (χ3n) is 9.60. The third kappa shape index (κ3) is 4.66. The molecular formula is C43H29F3N4. The van der Waals surface area contributed by atoms with Crippen LogP contribution in [0.3, 0.4) is 0 Å². The van der Waals surface area contributed by atoms with Crippen molar-refractivity contribution in [3.63, 3.8) is 0 Å².